The minimum Gasteiger partial charge on any atom is -0.465 e. The van der Waals surface area contributed by atoms with Crippen molar-refractivity contribution in [3.05, 3.63) is 29.1 Å². The number of sulfonamides is 1. The molecule has 0 bridgehead atoms. The van der Waals surface area contributed by atoms with Gasteiger partial charge in [0.05, 0.1) is 7.11 Å². The maximum Gasteiger partial charge on any atom is 0.349 e. The predicted octanol–water partition coefficient (Wildman–Crippen LogP) is 3.30. The molecular weight excluding hydrogens is 408 g/mol. The highest BCUT2D eigenvalue weighted by Gasteiger charge is 2.33. The Morgan fingerprint density at radius 1 is 1.30 bits per heavy atom. The molecule has 1 aliphatic rings. The Morgan fingerprint density at radius 3 is 2.59 bits per heavy atom. The lowest BCUT2D eigenvalue weighted by molar-refractivity contribution is 0.0602. The molecule has 1 aromatic heterocycles. The van der Waals surface area contributed by atoms with Crippen molar-refractivity contribution >= 4 is 49.8 Å². The predicted molar refractivity (Wildman–Crippen MR) is 110 cm³/mol. The summed E-state index contributed by atoms with van der Waals surface area (Å²) in [4.78, 5) is 12.3. The maximum absolute atomic E-state index is 13.2. The minimum atomic E-state index is -3.91. The van der Waals surface area contributed by atoms with Gasteiger partial charge >= 0.3 is 5.97 Å². The molecule has 1 aromatic carbocycles. The van der Waals surface area contributed by atoms with Gasteiger partial charge in [-0.25, -0.2) is 17.9 Å². The topological polar surface area (TPSA) is 98.5 Å². The number of carbonyl (C=O) groups is 1. The molecule has 0 amide bonds. The fourth-order valence-corrected chi connectivity index (χ4v) is 6.78. The molecule has 0 spiro atoms. The van der Waals surface area contributed by atoms with Crippen LogP contribution in [-0.4, -0.2) is 34.1 Å². The van der Waals surface area contributed by atoms with Crippen molar-refractivity contribution in [3.63, 3.8) is 0 Å². The van der Waals surface area contributed by atoms with Gasteiger partial charge in [-0.15, -0.1) is 23.7 Å². The van der Waals surface area contributed by atoms with Crippen molar-refractivity contribution in [2.24, 2.45) is 11.7 Å². The van der Waals surface area contributed by atoms with E-state index in [4.69, 9.17) is 10.5 Å². The van der Waals surface area contributed by atoms with Gasteiger partial charge in [0, 0.05) is 22.7 Å². The van der Waals surface area contributed by atoms with E-state index < -0.39 is 16.0 Å². The second kappa shape index (κ2) is 9.34. The molecule has 150 valence electrons. The van der Waals surface area contributed by atoms with E-state index in [1.165, 1.54) is 13.5 Å². The largest absolute Gasteiger partial charge is 0.465 e. The molecule has 1 heterocycles. The number of fused-ring (bicyclic) bond motifs is 1. The molecule has 0 saturated heterocycles. The first-order valence-electron chi connectivity index (χ1n) is 8.80. The number of hydrogen-bond acceptors (Lipinski definition) is 6. The third-order valence-corrected chi connectivity index (χ3v) is 7.82. The monoisotopic (exact) mass is 432 g/mol. The molecule has 27 heavy (non-hydrogen) atoms. The molecule has 0 aliphatic heterocycles. The summed E-state index contributed by atoms with van der Waals surface area (Å²) in [6.07, 6.45) is 5.31. The van der Waals surface area contributed by atoms with Crippen molar-refractivity contribution in [2.45, 2.75) is 43.0 Å². The summed E-state index contributed by atoms with van der Waals surface area (Å²) in [6.45, 7) is 0.236. The zero-order chi connectivity index (χ0) is 18.7. The van der Waals surface area contributed by atoms with Gasteiger partial charge in [-0.2, -0.15) is 0 Å². The van der Waals surface area contributed by atoms with E-state index in [-0.39, 0.29) is 40.7 Å². The fourth-order valence-electron chi connectivity index (χ4n) is 3.65. The van der Waals surface area contributed by atoms with Gasteiger partial charge in [-0.3, -0.25) is 0 Å². The second-order valence-electron chi connectivity index (χ2n) is 6.61. The number of benzene rings is 1. The van der Waals surface area contributed by atoms with E-state index in [0.717, 1.165) is 41.7 Å². The standard InChI is InChI=1S/C18H24N2O4S2.ClH/c1-24-18(21)16-17(13-9-5-6-10-15(13)25-16)26(22,23)20-14(11-19)12-7-3-2-4-8-12;/h5-6,9-10,12,14,20H,2-4,7-8,11,19H2,1H3;1H. The Morgan fingerprint density at radius 2 is 1.96 bits per heavy atom. The van der Waals surface area contributed by atoms with E-state index in [9.17, 15) is 13.2 Å². The summed E-state index contributed by atoms with van der Waals surface area (Å²) in [5.74, 6) is -0.413. The van der Waals surface area contributed by atoms with E-state index >= 15 is 0 Å². The highest BCUT2D eigenvalue weighted by atomic mass is 35.5. The van der Waals surface area contributed by atoms with Crippen molar-refractivity contribution in [1.29, 1.82) is 0 Å². The van der Waals surface area contributed by atoms with Crippen LogP contribution >= 0.6 is 23.7 Å². The smallest absolute Gasteiger partial charge is 0.349 e. The van der Waals surface area contributed by atoms with Crippen LogP contribution in [-0.2, 0) is 14.8 Å². The van der Waals surface area contributed by atoms with Crippen LogP contribution < -0.4 is 10.5 Å². The maximum atomic E-state index is 13.2. The van der Waals surface area contributed by atoms with Crippen LogP contribution in [0, 0.1) is 5.92 Å². The number of methoxy groups -OCH3 is 1. The van der Waals surface area contributed by atoms with Crippen molar-refractivity contribution < 1.29 is 17.9 Å². The minimum absolute atomic E-state index is 0. The van der Waals surface area contributed by atoms with Crippen LogP contribution in [0.15, 0.2) is 29.2 Å². The van der Waals surface area contributed by atoms with Gasteiger partial charge in [-0.05, 0) is 24.8 Å². The SMILES string of the molecule is COC(=O)c1sc2ccccc2c1S(=O)(=O)NC(CN)C1CCCCC1.Cl. The molecule has 1 unspecified atom stereocenters. The van der Waals surface area contributed by atoms with E-state index in [1.54, 1.807) is 18.2 Å². The lowest BCUT2D eigenvalue weighted by atomic mass is 9.84. The molecule has 6 nitrogen and oxygen atoms in total. The van der Waals surface area contributed by atoms with Crippen LogP contribution in [0.3, 0.4) is 0 Å². The number of rotatable bonds is 6. The summed E-state index contributed by atoms with van der Waals surface area (Å²) in [6, 6.07) is 6.76. The lowest BCUT2D eigenvalue weighted by Gasteiger charge is -2.29. The Bertz CT molecular complexity index is 892. The van der Waals surface area contributed by atoms with Gasteiger partial charge in [0.15, 0.2) is 0 Å². The van der Waals surface area contributed by atoms with Gasteiger partial charge < -0.3 is 10.5 Å². The average Bonchev–Trinajstić information content (AvgIpc) is 3.06. The summed E-state index contributed by atoms with van der Waals surface area (Å²) >= 11 is 1.13. The van der Waals surface area contributed by atoms with Crippen LogP contribution in [0.2, 0.25) is 0 Å². The average molecular weight is 433 g/mol. The Hall–Kier alpha value is -1.19. The van der Waals surface area contributed by atoms with Crippen LogP contribution in [0.1, 0.15) is 41.8 Å². The van der Waals surface area contributed by atoms with Crippen LogP contribution in [0.4, 0.5) is 0 Å². The first-order valence-corrected chi connectivity index (χ1v) is 11.1. The molecule has 3 N–H and O–H groups in total. The summed E-state index contributed by atoms with van der Waals surface area (Å²) in [5.41, 5.74) is 5.88. The molecule has 1 fully saturated rings. The number of thiophene rings is 1. The lowest BCUT2D eigenvalue weighted by Crippen LogP contribution is -2.46. The number of halogens is 1. The summed E-state index contributed by atoms with van der Waals surface area (Å²) in [5, 5.41) is 0.532. The normalized spacial score (nSPS) is 16.7. The number of nitrogens with two attached hydrogens (primary N) is 1. The first-order chi connectivity index (χ1) is 12.5. The molecule has 9 heteroatoms. The number of nitrogens with one attached hydrogen (secondary N) is 1. The quantitative estimate of drug-likeness (QED) is 0.682. The third kappa shape index (κ3) is 4.63. The molecular formula is C18H25ClN2O4S2. The molecule has 1 atom stereocenters. The zero-order valence-electron chi connectivity index (χ0n) is 15.1. The zero-order valence-corrected chi connectivity index (χ0v) is 17.6. The fraction of sp³-hybridized carbons (Fsp3) is 0.500. The number of ether oxygens (including phenoxy) is 1. The van der Waals surface area contributed by atoms with Gasteiger partial charge in [0.1, 0.15) is 9.77 Å². The Labute approximate surface area is 169 Å². The molecule has 2 aromatic rings. The van der Waals surface area contributed by atoms with E-state index in [2.05, 4.69) is 4.72 Å². The molecule has 3 rings (SSSR count). The highest BCUT2D eigenvalue weighted by molar-refractivity contribution is 7.90. The van der Waals surface area contributed by atoms with Crippen molar-refractivity contribution in [3.8, 4) is 0 Å². The van der Waals surface area contributed by atoms with Crippen LogP contribution in [0.5, 0.6) is 0 Å². The Kier molecular flexibility index (Phi) is 7.64. The van der Waals surface area contributed by atoms with Gasteiger partial charge in [-0.1, -0.05) is 37.5 Å². The first kappa shape index (κ1) is 22.1. The van der Waals surface area contributed by atoms with Crippen molar-refractivity contribution in [1.82, 2.24) is 4.72 Å². The molecule has 1 aliphatic carbocycles. The molecule has 0 radical (unpaired) electrons. The van der Waals surface area contributed by atoms with E-state index in [0.29, 0.717) is 5.39 Å². The van der Waals surface area contributed by atoms with Gasteiger partial charge in [0.25, 0.3) is 0 Å². The Balaban J connectivity index is 0.00000261. The number of carbonyl (C=O) groups excluding carboxylic acids is 1. The highest BCUT2D eigenvalue weighted by Crippen LogP contribution is 2.36. The third-order valence-electron chi connectivity index (χ3n) is 4.97. The van der Waals surface area contributed by atoms with Crippen molar-refractivity contribution in [2.75, 3.05) is 13.7 Å². The number of hydrogen-bond donors (Lipinski definition) is 2. The summed E-state index contributed by atoms with van der Waals surface area (Å²) in [7, 11) is -2.66. The van der Waals surface area contributed by atoms with E-state index in [1.807, 2.05) is 6.07 Å². The summed E-state index contributed by atoms with van der Waals surface area (Å²) < 4.78 is 34.7. The van der Waals surface area contributed by atoms with Gasteiger partial charge in [0.2, 0.25) is 10.0 Å². The van der Waals surface area contributed by atoms with Crippen LogP contribution in [0.25, 0.3) is 10.1 Å². The molecule has 1 saturated carbocycles. The number of esters is 1. The second-order valence-corrected chi connectivity index (χ2v) is 9.31.